The minimum Gasteiger partial charge on any atom is -0.493 e. The minimum absolute atomic E-state index is 0.0510. The number of hydrogen-bond donors (Lipinski definition) is 2. The number of nitrogens with one attached hydrogen (secondary N) is 1. The first-order valence-electron chi connectivity index (χ1n) is 9.11. The van der Waals surface area contributed by atoms with Gasteiger partial charge in [-0.05, 0) is 55.0 Å². The summed E-state index contributed by atoms with van der Waals surface area (Å²) in [7, 11) is -2.29. The van der Waals surface area contributed by atoms with Crippen molar-refractivity contribution in [2.24, 2.45) is 0 Å². The lowest BCUT2D eigenvalue weighted by molar-refractivity contribution is -0.136. The van der Waals surface area contributed by atoms with Gasteiger partial charge in [0.05, 0.1) is 25.0 Å². The number of allylic oxidation sites excluding steroid dienone is 1. The van der Waals surface area contributed by atoms with E-state index in [1.807, 2.05) is 6.92 Å². The maximum Gasteiger partial charge on any atom is 0.304 e. The van der Waals surface area contributed by atoms with E-state index >= 15 is 0 Å². The van der Waals surface area contributed by atoms with Crippen LogP contribution in [0.5, 0.6) is 11.5 Å². The lowest BCUT2D eigenvalue weighted by Crippen LogP contribution is -2.26. The van der Waals surface area contributed by atoms with Crippen molar-refractivity contribution in [3.05, 3.63) is 59.7 Å². The molecule has 0 aromatic heterocycles. The predicted octanol–water partition coefficient (Wildman–Crippen LogP) is 2.74. The molecule has 0 amide bonds. The second kappa shape index (κ2) is 10.6. The molecule has 0 aliphatic rings. The third-order valence-corrected chi connectivity index (χ3v) is 5.47. The molecule has 2 N–H and O–H groups in total. The molecule has 2 rings (SSSR count). The fourth-order valence-electron chi connectivity index (χ4n) is 2.51. The Balaban J connectivity index is 2.09. The summed E-state index contributed by atoms with van der Waals surface area (Å²) in [6.45, 7) is 2.12. The molecule has 0 spiro atoms. The first kappa shape index (κ1) is 23.1. The van der Waals surface area contributed by atoms with Gasteiger partial charge in [-0.15, -0.1) is 0 Å². The largest absolute Gasteiger partial charge is 0.493 e. The highest BCUT2D eigenvalue weighted by Crippen LogP contribution is 2.28. The zero-order chi connectivity index (χ0) is 22.1. The molecule has 160 valence electrons. The Morgan fingerprint density at radius 2 is 1.80 bits per heavy atom. The van der Waals surface area contributed by atoms with Crippen molar-refractivity contribution in [1.29, 1.82) is 0 Å². The molecular weight excluding hydrogens is 410 g/mol. The van der Waals surface area contributed by atoms with Gasteiger partial charge in [0.25, 0.3) is 0 Å². The van der Waals surface area contributed by atoms with E-state index in [0.717, 1.165) is 5.56 Å². The molecule has 9 heteroatoms. The molecule has 0 bridgehead atoms. The highest BCUT2D eigenvalue weighted by molar-refractivity contribution is 7.89. The number of carboxylic acids is 1. The van der Waals surface area contributed by atoms with Gasteiger partial charge < -0.3 is 14.6 Å². The van der Waals surface area contributed by atoms with E-state index in [2.05, 4.69) is 4.72 Å². The number of ketones is 1. The van der Waals surface area contributed by atoms with E-state index in [0.29, 0.717) is 23.7 Å². The van der Waals surface area contributed by atoms with Gasteiger partial charge in [0.15, 0.2) is 17.3 Å². The fraction of sp³-hybridized carbons (Fsp3) is 0.238. The molecule has 0 aliphatic carbocycles. The van der Waals surface area contributed by atoms with Crippen LogP contribution in [0.4, 0.5) is 0 Å². The van der Waals surface area contributed by atoms with Crippen molar-refractivity contribution >= 4 is 27.9 Å². The van der Waals surface area contributed by atoms with Gasteiger partial charge in [0.1, 0.15) is 0 Å². The van der Waals surface area contributed by atoms with Gasteiger partial charge in [-0.3, -0.25) is 9.59 Å². The van der Waals surface area contributed by atoms with Gasteiger partial charge in [-0.25, -0.2) is 13.1 Å². The predicted molar refractivity (Wildman–Crippen MR) is 111 cm³/mol. The summed E-state index contributed by atoms with van der Waals surface area (Å²) >= 11 is 0. The molecule has 0 heterocycles. The van der Waals surface area contributed by atoms with E-state index in [4.69, 9.17) is 14.6 Å². The molecule has 8 nitrogen and oxygen atoms in total. The Kier molecular flexibility index (Phi) is 8.14. The van der Waals surface area contributed by atoms with E-state index in [1.165, 1.54) is 30.3 Å². The first-order valence-corrected chi connectivity index (χ1v) is 10.6. The summed E-state index contributed by atoms with van der Waals surface area (Å²) in [6, 6.07) is 10.7. The monoisotopic (exact) mass is 433 g/mol. The van der Waals surface area contributed by atoms with E-state index in [-0.39, 0.29) is 23.6 Å². The molecule has 0 unspecified atom stereocenters. The molecule has 30 heavy (non-hydrogen) atoms. The van der Waals surface area contributed by atoms with Crippen molar-refractivity contribution in [2.45, 2.75) is 18.2 Å². The van der Waals surface area contributed by atoms with Crippen molar-refractivity contribution in [2.75, 3.05) is 20.3 Å². The number of carboxylic acid groups (broad SMARTS) is 1. The SMILES string of the molecule is CCOc1cc(C=CC(=O)c2ccc(S(=O)(=O)NCCC(=O)O)cc2)ccc1OC. The molecule has 0 atom stereocenters. The van der Waals surface area contributed by atoms with Gasteiger partial charge in [0.2, 0.25) is 10.0 Å². The van der Waals surface area contributed by atoms with Crippen LogP contribution in [-0.2, 0) is 14.8 Å². The normalized spacial score (nSPS) is 11.4. The highest BCUT2D eigenvalue weighted by Gasteiger charge is 2.14. The molecule has 0 fully saturated rings. The number of aliphatic carboxylic acids is 1. The van der Waals surface area contributed by atoms with E-state index in [9.17, 15) is 18.0 Å². The van der Waals surface area contributed by atoms with Crippen molar-refractivity contribution < 1.29 is 32.6 Å². The van der Waals surface area contributed by atoms with Crippen LogP contribution in [0.3, 0.4) is 0 Å². The number of rotatable bonds is 11. The number of sulfonamides is 1. The van der Waals surface area contributed by atoms with Crippen LogP contribution in [0.25, 0.3) is 6.08 Å². The molecule has 0 saturated heterocycles. The Morgan fingerprint density at radius 1 is 1.10 bits per heavy atom. The van der Waals surface area contributed by atoms with Crippen molar-refractivity contribution in [3.63, 3.8) is 0 Å². The Labute approximate surface area is 175 Å². The maximum atomic E-state index is 12.4. The number of carbonyl (C=O) groups excluding carboxylic acids is 1. The van der Waals surface area contributed by atoms with Crippen LogP contribution in [0.15, 0.2) is 53.4 Å². The molecule has 0 radical (unpaired) electrons. The third-order valence-electron chi connectivity index (χ3n) is 3.99. The number of methoxy groups -OCH3 is 1. The second-order valence-electron chi connectivity index (χ2n) is 6.11. The smallest absolute Gasteiger partial charge is 0.304 e. The minimum atomic E-state index is -3.84. The average molecular weight is 433 g/mol. The zero-order valence-corrected chi connectivity index (χ0v) is 17.4. The summed E-state index contributed by atoms with van der Waals surface area (Å²) in [5, 5.41) is 8.59. The van der Waals surface area contributed by atoms with Crippen LogP contribution >= 0.6 is 0 Å². The summed E-state index contributed by atoms with van der Waals surface area (Å²) in [6.07, 6.45) is 2.69. The molecule has 2 aromatic carbocycles. The summed E-state index contributed by atoms with van der Waals surface area (Å²) in [4.78, 5) is 22.8. The number of benzene rings is 2. The lowest BCUT2D eigenvalue weighted by atomic mass is 10.1. The zero-order valence-electron chi connectivity index (χ0n) is 16.6. The van der Waals surface area contributed by atoms with Crippen molar-refractivity contribution in [3.8, 4) is 11.5 Å². The second-order valence-corrected chi connectivity index (χ2v) is 7.87. The Bertz CT molecular complexity index is 1030. The van der Waals surface area contributed by atoms with Crippen LogP contribution in [0, 0.1) is 0 Å². The number of hydrogen-bond acceptors (Lipinski definition) is 6. The van der Waals surface area contributed by atoms with Crippen LogP contribution in [0.1, 0.15) is 29.3 Å². The quantitative estimate of drug-likeness (QED) is 0.413. The van der Waals surface area contributed by atoms with Crippen molar-refractivity contribution in [1.82, 2.24) is 4.72 Å². The first-order chi connectivity index (χ1) is 14.3. The number of ether oxygens (including phenoxy) is 2. The lowest BCUT2D eigenvalue weighted by Gasteiger charge is -2.09. The summed E-state index contributed by atoms with van der Waals surface area (Å²) in [5.74, 6) is -0.240. The standard InChI is InChI=1S/C21H23NO7S/c1-3-29-20-14-15(5-11-19(20)28-2)4-10-18(23)16-6-8-17(9-7-16)30(26,27)22-13-12-21(24)25/h4-11,14,22H,3,12-13H2,1-2H3,(H,24,25). The molecule has 2 aromatic rings. The maximum absolute atomic E-state index is 12.4. The van der Waals surface area contributed by atoms with Gasteiger partial charge in [-0.2, -0.15) is 0 Å². The highest BCUT2D eigenvalue weighted by atomic mass is 32.2. The van der Waals surface area contributed by atoms with Crippen LogP contribution in [0.2, 0.25) is 0 Å². The molecule has 0 saturated carbocycles. The van der Waals surface area contributed by atoms with E-state index < -0.39 is 16.0 Å². The van der Waals surface area contributed by atoms with Crippen LogP contribution < -0.4 is 14.2 Å². The van der Waals surface area contributed by atoms with Gasteiger partial charge in [0, 0.05) is 12.1 Å². The Morgan fingerprint density at radius 3 is 2.40 bits per heavy atom. The molecular formula is C21H23NO7S. The molecule has 0 aliphatic heterocycles. The van der Waals surface area contributed by atoms with E-state index in [1.54, 1.807) is 31.4 Å². The Hall–Kier alpha value is -3.17. The fourth-order valence-corrected chi connectivity index (χ4v) is 3.54. The van der Waals surface area contributed by atoms with Gasteiger partial charge >= 0.3 is 5.97 Å². The third kappa shape index (κ3) is 6.43. The van der Waals surface area contributed by atoms with Gasteiger partial charge in [-0.1, -0.05) is 12.1 Å². The number of carbonyl (C=O) groups is 2. The van der Waals surface area contributed by atoms with Crippen LogP contribution in [-0.4, -0.2) is 45.5 Å². The topological polar surface area (TPSA) is 119 Å². The average Bonchev–Trinajstić information content (AvgIpc) is 2.72. The summed E-state index contributed by atoms with van der Waals surface area (Å²) in [5.41, 5.74) is 1.06. The summed E-state index contributed by atoms with van der Waals surface area (Å²) < 4.78 is 37.2.